The number of ether oxygens (including phenoxy) is 1. The SMILES string of the molecule is Cn1c(N(c2ccc(COC(F)(F)F)cc2)S(=O)(=O)c2ccccc2)nc2ccccc21. The highest BCUT2D eigenvalue weighted by Crippen LogP contribution is 2.34. The van der Waals surface area contributed by atoms with E-state index in [2.05, 4.69) is 9.72 Å². The standard InChI is InChI=1S/C22H18F3N3O3S/c1-27-20-10-6-5-9-19(20)26-21(27)28(32(29,30)18-7-3-2-4-8-18)17-13-11-16(12-14-17)15-31-22(23,24)25/h2-14H,15H2,1H3. The average Bonchev–Trinajstić information content (AvgIpc) is 3.09. The Hall–Kier alpha value is -3.37. The smallest absolute Gasteiger partial charge is 0.312 e. The molecule has 0 saturated heterocycles. The summed E-state index contributed by atoms with van der Waals surface area (Å²) in [7, 11) is -2.39. The highest BCUT2D eigenvalue weighted by molar-refractivity contribution is 7.93. The fourth-order valence-corrected chi connectivity index (χ4v) is 4.76. The molecule has 0 radical (unpaired) electrons. The molecule has 0 saturated carbocycles. The largest absolute Gasteiger partial charge is 0.522 e. The second-order valence-electron chi connectivity index (χ2n) is 6.94. The Balaban J connectivity index is 1.82. The van der Waals surface area contributed by atoms with Crippen LogP contribution < -0.4 is 4.31 Å². The Kier molecular flexibility index (Phi) is 5.66. The molecule has 0 aliphatic heterocycles. The fourth-order valence-electron chi connectivity index (χ4n) is 3.27. The quantitative estimate of drug-likeness (QED) is 0.399. The molecule has 0 atom stereocenters. The second-order valence-corrected chi connectivity index (χ2v) is 8.73. The van der Waals surface area contributed by atoms with Crippen molar-refractivity contribution in [3.05, 3.63) is 84.4 Å². The first-order chi connectivity index (χ1) is 15.2. The number of aromatic nitrogens is 2. The Morgan fingerprint density at radius 2 is 1.56 bits per heavy atom. The van der Waals surface area contributed by atoms with Crippen molar-refractivity contribution in [3.63, 3.8) is 0 Å². The van der Waals surface area contributed by atoms with Gasteiger partial charge in [-0.05, 0) is 42.0 Å². The molecule has 3 aromatic carbocycles. The van der Waals surface area contributed by atoms with E-state index in [-0.39, 0.29) is 22.1 Å². The molecule has 4 rings (SSSR count). The van der Waals surface area contributed by atoms with Crippen LogP contribution in [0.25, 0.3) is 11.0 Å². The number of imidazole rings is 1. The summed E-state index contributed by atoms with van der Waals surface area (Å²) < 4.78 is 70.8. The lowest BCUT2D eigenvalue weighted by atomic mass is 10.2. The number of para-hydroxylation sites is 2. The van der Waals surface area contributed by atoms with Crippen molar-refractivity contribution < 1.29 is 26.3 Å². The lowest BCUT2D eigenvalue weighted by Gasteiger charge is -2.24. The third-order valence-electron chi connectivity index (χ3n) is 4.80. The highest BCUT2D eigenvalue weighted by Gasteiger charge is 2.31. The average molecular weight is 461 g/mol. The molecule has 0 aliphatic carbocycles. The van der Waals surface area contributed by atoms with Crippen molar-refractivity contribution in [2.45, 2.75) is 17.9 Å². The second kappa shape index (κ2) is 8.29. The molecule has 1 aromatic heterocycles. The van der Waals surface area contributed by atoms with Crippen molar-refractivity contribution in [2.24, 2.45) is 7.05 Å². The monoisotopic (exact) mass is 461 g/mol. The number of anilines is 2. The Labute approximate surface area is 182 Å². The zero-order valence-corrected chi connectivity index (χ0v) is 17.6. The van der Waals surface area contributed by atoms with Gasteiger partial charge in [0.05, 0.1) is 28.2 Å². The van der Waals surface area contributed by atoms with E-state index < -0.39 is 23.0 Å². The molecular formula is C22H18F3N3O3S. The maximum Gasteiger partial charge on any atom is 0.522 e. The van der Waals surface area contributed by atoms with Gasteiger partial charge in [-0.1, -0.05) is 42.5 Å². The third-order valence-corrected chi connectivity index (χ3v) is 6.52. The number of fused-ring (bicyclic) bond motifs is 1. The molecule has 0 N–H and O–H groups in total. The molecule has 0 bridgehead atoms. The van der Waals surface area contributed by atoms with Crippen molar-refractivity contribution in [3.8, 4) is 0 Å². The molecule has 4 aromatic rings. The Morgan fingerprint density at radius 3 is 2.19 bits per heavy atom. The van der Waals surface area contributed by atoms with Crippen LogP contribution in [0.15, 0.2) is 83.8 Å². The van der Waals surface area contributed by atoms with E-state index >= 15 is 0 Å². The lowest BCUT2D eigenvalue weighted by Crippen LogP contribution is -2.28. The third kappa shape index (κ3) is 4.32. The zero-order valence-electron chi connectivity index (χ0n) is 16.8. The van der Waals surface area contributed by atoms with Crippen LogP contribution in [0.5, 0.6) is 0 Å². The van der Waals surface area contributed by atoms with Crippen LogP contribution in [0.3, 0.4) is 0 Å². The summed E-state index contributed by atoms with van der Waals surface area (Å²) in [6, 6.07) is 20.7. The van der Waals surface area contributed by atoms with Gasteiger partial charge in [0, 0.05) is 7.05 Å². The predicted molar refractivity (Wildman–Crippen MR) is 114 cm³/mol. The molecule has 0 fully saturated rings. The summed E-state index contributed by atoms with van der Waals surface area (Å²) in [5, 5.41) is 0. The van der Waals surface area contributed by atoms with Crippen LogP contribution in [0, 0.1) is 0 Å². The first-order valence-electron chi connectivity index (χ1n) is 9.48. The highest BCUT2D eigenvalue weighted by atomic mass is 32.2. The van der Waals surface area contributed by atoms with Gasteiger partial charge < -0.3 is 4.57 Å². The molecule has 32 heavy (non-hydrogen) atoms. The van der Waals surface area contributed by atoms with Gasteiger partial charge in [0.15, 0.2) is 0 Å². The van der Waals surface area contributed by atoms with Crippen molar-refractivity contribution in [1.82, 2.24) is 9.55 Å². The van der Waals surface area contributed by atoms with E-state index in [0.717, 1.165) is 9.82 Å². The molecule has 0 spiro atoms. The summed E-state index contributed by atoms with van der Waals surface area (Å²) in [6.45, 7) is -0.679. The van der Waals surface area contributed by atoms with Crippen LogP contribution in [-0.4, -0.2) is 24.3 Å². The van der Waals surface area contributed by atoms with Crippen LogP contribution >= 0.6 is 0 Å². The number of aryl methyl sites for hydroxylation is 1. The van der Waals surface area contributed by atoms with Crippen LogP contribution in [-0.2, 0) is 28.4 Å². The van der Waals surface area contributed by atoms with E-state index in [1.807, 2.05) is 12.1 Å². The summed E-state index contributed by atoms with van der Waals surface area (Å²) in [4.78, 5) is 4.56. The van der Waals surface area contributed by atoms with E-state index in [1.54, 1.807) is 41.9 Å². The first-order valence-corrected chi connectivity index (χ1v) is 10.9. The number of alkyl halides is 3. The molecule has 1 heterocycles. The number of nitrogens with zero attached hydrogens (tertiary/aromatic N) is 3. The number of sulfonamides is 1. The van der Waals surface area contributed by atoms with Gasteiger partial charge in [-0.3, -0.25) is 4.74 Å². The van der Waals surface area contributed by atoms with E-state index in [9.17, 15) is 21.6 Å². The molecule has 0 unspecified atom stereocenters. The van der Waals surface area contributed by atoms with Crippen molar-refractivity contribution >= 4 is 32.7 Å². The van der Waals surface area contributed by atoms with Gasteiger partial charge in [-0.25, -0.2) is 17.7 Å². The predicted octanol–water partition coefficient (Wildman–Crippen LogP) is 5.14. The minimum atomic E-state index is -4.76. The van der Waals surface area contributed by atoms with Gasteiger partial charge in [0.1, 0.15) is 0 Å². The molecule has 0 aliphatic rings. The summed E-state index contributed by atoms with van der Waals surface area (Å²) >= 11 is 0. The molecule has 6 nitrogen and oxygen atoms in total. The number of benzene rings is 3. The van der Waals surface area contributed by atoms with Crippen LogP contribution in [0.1, 0.15) is 5.56 Å². The van der Waals surface area contributed by atoms with E-state index in [0.29, 0.717) is 5.52 Å². The summed E-state index contributed by atoms with van der Waals surface area (Å²) in [6.07, 6.45) is -4.76. The molecular weight excluding hydrogens is 443 g/mol. The minimum Gasteiger partial charge on any atom is -0.312 e. The number of hydrogen-bond donors (Lipinski definition) is 0. The Bertz CT molecular complexity index is 1340. The maximum atomic E-state index is 13.6. The van der Waals surface area contributed by atoms with Gasteiger partial charge in [0.25, 0.3) is 10.0 Å². The first kappa shape index (κ1) is 21.8. The topological polar surface area (TPSA) is 64.4 Å². The van der Waals surface area contributed by atoms with Gasteiger partial charge >= 0.3 is 6.36 Å². The van der Waals surface area contributed by atoms with Gasteiger partial charge in [0.2, 0.25) is 5.95 Å². The van der Waals surface area contributed by atoms with E-state index in [4.69, 9.17) is 0 Å². The van der Waals surface area contributed by atoms with Crippen molar-refractivity contribution in [2.75, 3.05) is 4.31 Å². The Morgan fingerprint density at radius 1 is 0.938 bits per heavy atom. The minimum absolute atomic E-state index is 0.0523. The van der Waals surface area contributed by atoms with Crippen LogP contribution in [0.4, 0.5) is 24.8 Å². The number of halogens is 3. The van der Waals surface area contributed by atoms with Gasteiger partial charge in [-0.15, -0.1) is 13.2 Å². The zero-order chi connectivity index (χ0) is 22.9. The summed E-state index contributed by atoms with van der Waals surface area (Å²) in [5.41, 5.74) is 1.80. The van der Waals surface area contributed by atoms with Crippen molar-refractivity contribution in [1.29, 1.82) is 0 Å². The normalized spacial score (nSPS) is 12.2. The number of rotatable bonds is 6. The lowest BCUT2D eigenvalue weighted by molar-refractivity contribution is -0.330. The molecule has 0 amide bonds. The fraction of sp³-hybridized carbons (Fsp3) is 0.136. The summed E-state index contributed by atoms with van der Waals surface area (Å²) in [5.74, 6) is 0.148. The molecule has 10 heteroatoms. The van der Waals surface area contributed by atoms with Gasteiger partial charge in [-0.2, -0.15) is 0 Å². The van der Waals surface area contributed by atoms with E-state index in [1.165, 1.54) is 36.4 Å². The maximum absolute atomic E-state index is 13.6. The molecule has 166 valence electrons. The number of hydrogen-bond acceptors (Lipinski definition) is 4. The van der Waals surface area contributed by atoms with Crippen LogP contribution in [0.2, 0.25) is 0 Å².